The summed E-state index contributed by atoms with van der Waals surface area (Å²) in [5.74, 6) is 2.87. The van der Waals surface area contributed by atoms with Gasteiger partial charge in [-0.25, -0.2) is 0 Å². The zero-order valence-electron chi connectivity index (χ0n) is 10.6. The SMILES string of the molecule is CC1CN=C(NC2CCOc3ccccc32)SC1. The number of ether oxygens (including phenoxy) is 1. The van der Waals surface area contributed by atoms with E-state index in [1.165, 1.54) is 5.56 Å². The van der Waals surface area contributed by atoms with Gasteiger partial charge in [0.15, 0.2) is 5.17 Å². The number of nitrogens with one attached hydrogen (secondary N) is 1. The number of rotatable bonds is 1. The van der Waals surface area contributed by atoms with Gasteiger partial charge in [-0.15, -0.1) is 0 Å². The Morgan fingerprint density at radius 2 is 2.28 bits per heavy atom. The summed E-state index contributed by atoms with van der Waals surface area (Å²) in [7, 11) is 0. The van der Waals surface area contributed by atoms with Crippen LogP contribution in [0.5, 0.6) is 5.75 Å². The second kappa shape index (κ2) is 5.22. The van der Waals surface area contributed by atoms with E-state index in [1.54, 1.807) is 0 Å². The van der Waals surface area contributed by atoms with Crippen LogP contribution < -0.4 is 10.1 Å². The van der Waals surface area contributed by atoms with Crippen molar-refractivity contribution in [2.45, 2.75) is 19.4 Å². The minimum Gasteiger partial charge on any atom is -0.493 e. The van der Waals surface area contributed by atoms with Gasteiger partial charge in [0.05, 0.1) is 12.6 Å². The van der Waals surface area contributed by atoms with Gasteiger partial charge in [-0.05, 0) is 12.0 Å². The zero-order valence-corrected chi connectivity index (χ0v) is 11.4. The Morgan fingerprint density at radius 3 is 3.11 bits per heavy atom. The average Bonchev–Trinajstić information content (AvgIpc) is 2.42. The lowest BCUT2D eigenvalue weighted by molar-refractivity contribution is 0.262. The molecule has 0 amide bonds. The number of aliphatic imine (C=N–C) groups is 1. The summed E-state index contributed by atoms with van der Waals surface area (Å²) in [4.78, 5) is 4.61. The van der Waals surface area contributed by atoms with Crippen LogP contribution in [0.2, 0.25) is 0 Å². The molecule has 18 heavy (non-hydrogen) atoms. The first-order chi connectivity index (χ1) is 8.83. The summed E-state index contributed by atoms with van der Waals surface area (Å²) in [6.07, 6.45) is 1.01. The zero-order chi connectivity index (χ0) is 12.4. The molecular formula is C14H18N2OS. The maximum absolute atomic E-state index is 5.67. The topological polar surface area (TPSA) is 33.6 Å². The Morgan fingerprint density at radius 1 is 1.39 bits per heavy atom. The van der Waals surface area contributed by atoms with Crippen LogP contribution in [-0.2, 0) is 0 Å². The molecule has 3 nitrogen and oxygen atoms in total. The molecule has 1 N–H and O–H groups in total. The molecule has 2 aliphatic rings. The van der Waals surface area contributed by atoms with Crippen LogP contribution in [0.25, 0.3) is 0 Å². The molecule has 1 aromatic rings. The maximum Gasteiger partial charge on any atom is 0.157 e. The fourth-order valence-corrected chi connectivity index (χ4v) is 3.23. The lowest BCUT2D eigenvalue weighted by Gasteiger charge is -2.29. The monoisotopic (exact) mass is 262 g/mol. The number of para-hydroxylation sites is 1. The third kappa shape index (κ3) is 2.48. The van der Waals surface area contributed by atoms with Gasteiger partial charge < -0.3 is 10.1 Å². The predicted molar refractivity (Wildman–Crippen MR) is 76.4 cm³/mol. The molecule has 0 aliphatic carbocycles. The average molecular weight is 262 g/mol. The van der Waals surface area contributed by atoms with Crippen LogP contribution in [0.4, 0.5) is 0 Å². The molecule has 4 heteroatoms. The van der Waals surface area contributed by atoms with Crippen molar-refractivity contribution >= 4 is 16.9 Å². The van der Waals surface area contributed by atoms with Gasteiger partial charge in [0.2, 0.25) is 0 Å². The van der Waals surface area contributed by atoms with E-state index < -0.39 is 0 Å². The van der Waals surface area contributed by atoms with Gasteiger partial charge in [0.1, 0.15) is 5.75 Å². The highest BCUT2D eigenvalue weighted by molar-refractivity contribution is 8.13. The second-order valence-corrected chi connectivity index (χ2v) is 5.94. The molecule has 1 aromatic carbocycles. The number of amidine groups is 1. The van der Waals surface area contributed by atoms with E-state index in [0.717, 1.165) is 36.2 Å². The van der Waals surface area contributed by atoms with Crippen molar-refractivity contribution in [2.24, 2.45) is 10.9 Å². The van der Waals surface area contributed by atoms with E-state index in [1.807, 2.05) is 23.9 Å². The van der Waals surface area contributed by atoms with Crippen molar-refractivity contribution in [3.05, 3.63) is 29.8 Å². The molecule has 2 aliphatic heterocycles. The first-order valence-corrected chi connectivity index (χ1v) is 7.47. The second-order valence-electron chi connectivity index (χ2n) is 4.93. The Labute approximate surface area is 112 Å². The van der Waals surface area contributed by atoms with Crippen LogP contribution in [0, 0.1) is 5.92 Å². The largest absolute Gasteiger partial charge is 0.493 e. The number of nitrogens with zero attached hydrogens (tertiary/aromatic N) is 1. The number of fused-ring (bicyclic) bond motifs is 1. The number of benzene rings is 1. The summed E-state index contributed by atoms with van der Waals surface area (Å²) in [5, 5.41) is 4.66. The summed E-state index contributed by atoms with van der Waals surface area (Å²) in [5.41, 5.74) is 1.26. The van der Waals surface area contributed by atoms with E-state index in [-0.39, 0.29) is 0 Å². The van der Waals surface area contributed by atoms with Crippen LogP contribution in [-0.4, -0.2) is 24.1 Å². The molecule has 2 unspecified atom stereocenters. The molecule has 2 atom stereocenters. The van der Waals surface area contributed by atoms with Crippen molar-refractivity contribution in [3.8, 4) is 5.75 Å². The van der Waals surface area contributed by atoms with E-state index in [4.69, 9.17) is 4.74 Å². The van der Waals surface area contributed by atoms with E-state index in [0.29, 0.717) is 12.0 Å². The summed E-state index contributed by atoms with van der Waals surface area (Å²) in [6, 6.07) is 8.62. The Hall–Kier alpha value is -1.16. The quantitative estimate of drug-likeness (QED) is 0.845. The van der Waals surface area contributed by atoms with Gasteiger partial charge in [0, 0.05) is 24.3 Å². The fraction of sp³-hybridized carbons (Fsp3) is 0.500. The molecular weight excluding hydrogens is 244 g/mol. The molecule has 0 saturated heterocycles. The first kappa shape index (κ1) is 11.9. The van der Waals surface area contributed by atoms with Gasteiger partial charge >= 0.3 is 0 Å². The Balaban J connectivity index is 1.74. The molecule has 0 aromatic heterocycles. The van der Waals surface area contributed by atoms with Crippen LogP contribution in [0.3, 0.4) is 0 Å². The molecule has 0 fully saturated rings. The Bertz CT molecular complexity index is 461. The molecule has 3 rings (SSSR count). The van der Waals surface area contributed by atoms with Gasteiger partial charge in [-0.1, -0.05) is 36.9 Å². The Kier molecular flexibility index (Phi) is 3.46. The predicted octanol–water partition coefficient (Wildman–Crippen LogP) is 2.84. The number of hydrogen-bond donors (Lipinski definition) is 1. The minimum absolute atomic E-state index is 0.342. The summed E-state index contributed by atoms with van der Waals surface area (Å²) in [6.45, 7) is 3.97. The van der Waals surface area contributed by atoms with Crippen molar-refractivity contribution in [3.63, 3.8) is 0 Å². The highest BCUT2D eigenvalue weighted by atomic mass is 32.2. The molecule has 0 spiro atoms. The molecule has 2 heterocycles. The highest BCUT2D eigenvalue weighted by Gasteiger charge is 2.23. The number of hydrogen-bond acceptors (Lipinski definition) is 4. The standard InChI is InChI=1S/C14H18N2OS/c1-10-8-15-14(18-9-10)16-12-6-7-17-13-5-3-2-4-11(12)13/h2-5,10,12H,6-9H2,1H3,(H,15,16). The molecule has 0 bridgehead atoms. The van der Waals surface area contributed by atoms with Gasteiger partial charge in [0.25, 0.3) is 0 Å². The third-order valence-electron chi connectivity index (χ3n) is 3.31. The molecule has 0 radical (unpaired) electrons. The van der Waals surface area contributed by atoms with Crippen molar-refractivity contribution in [2.75, 3.05) is 18.9 Å². The minimum atomic E-state index is 0.342. The van der Waals surface area contributed by atoms with Gasteiger partial charge in [-0.2, -0.15) is 0 Å². The molecule has 0 saturated carbocycles. The number of thioether (sulfide) groups is 1. The van der Waals surface area contributed by atoms with Crippen molar-refractivity contribution in [1.29, 1.82) is 0 Å². The summed E-state index contributed by atoms with van der Waals surface area (Å²) >= 11 is 1.84. The molecule has 96 valence electrons. The van der Waals surface area contributed by atoms with Crippen LogP contribution in [0.1, 0.15) is 24.9 Å². The smallest absolute Gasteiger partial charge is 0.157 e. The lowest BCUT2D eigenvalue weighted by atomic mass is 10.0. The van der Waals surface area contributed by atoms with Crippen molar-refractivity contribution in [1.82, 2.24) is 5.32 Å². The van der Waals surface area contributed by atoms with Gasteiger partial charge in [-0.3, -0.25) is 4.99 Å². The first-order valence-electron chi connectivity index (χ1n) is 6.48. The fourth-order valence-electron chi connectivity index (χ4n) is 2.29. The highest BCUT2D eigenvalue weighted by Crippen LogP contribution is 2.32. The lowest BCUT2D eigenvalue weighted by Crippen LogP contribution is -2.33. The van der Waals surface area contributed by atoms with Crippen molar-refractivity contribution < 1.29 is 4.74 Å². The van der Waals surface area contributed by atoms with E-state index in [2.05, 4.69) is 29.4 Å². The van der Waals surface area contributed by atoms with Crippen LogP contribution in [0.15, 0.2) is 29.3 Å². The van der Waals surface area contributed by atoms with E-state index in [9.17, 15) is 0 Å². The third-order valence-corrected chi connectivity index (χ3v) is 4.56. The summed E-state index contributed by atoms with van der Waals surface area (Å²) < 4.78 is 5.67. The maximum atomic E-state index is 5.67. The normalized spacial score (nSPS) is 26.8. The van der Waals surface area contributed by atoms with Crippen LogP contribution >= 0.6 is 11.8 Å². The van der Waals surface area contributed by atoms with E-state index >= 15 is 0 Å².